The Hall–Kier alpha value is -1.79. The lowest BCUT2D eigenvalue weighted by Crippen LogP contribution is -2.10. The van der Waals surface area contributed by atoms with Crippen molar-refractivity contribution >= 4 is 10.9 Å². The summed E-state index contributed by atoms with van der Waals surface area (Å²) in [4.78, 5) is 0. The van der Waals surface area contributed by atoms with E-state index in [9.17, 15) is 5.26 Å². The SMILES string of the molecule is Cn1c(C#N)c(CN)c2ccc(C(C)(C)C)cc21. The Kier molecular flexibility index (Phi) is 2.92. The molecule has 18 heavy (non-hydrogen) atoms. The number of nitriles is 1. The minimum atomic E-state index is 0.105. The van der Waals surface area contributed by atoms with Gasteiger partial charge in [0, 0.05) is 30.1 Å². The van der Waals surface area contributed by atoms with Gasteiger partial charge in [0.15, 0.2) is 0 Å². The lowest BCUT2D eigenvalue weighted by atomic mass is 9.86. The van der Waals surface area contributed by atoms with Gasteiger partial charge in [0.2, 0.25) is 0 Å². The van der Waals surface area contributed by atoms with E-state index >= 15 is 0 Å². The molecular weight excluding hydrogens is 222 g/mol. The van der Waals surface area contributed by atoms with E-state index in [1.54, 1.807) is 0 Å². The summed E-state index contributed by atoms with van der Waals surface area (Å²) in [6.45, 7) is 6.96. The first-order valence-corrected chi connectivity index (χ1v) is 6.12. The fraction of sp³-hybridized carbons (Fsp3) is 0.400. The molecule has 2 N–H and O–H groups in total. The number of aryl methyl sites for hydroxylation is 1. The van der Waals surface area contributed by atoms with Crippen molar-refractivity contribution in [2.75, 3.05) is 0 Å². The van der Waals surface area contributed by atoms with Gasteiger partial charge in [-0.3, -0.25) is 0 Å². The molecular formula is C15H19N3. The Morgan fingerprint density at radius 1 is 1.33 bits per heavy atom. The van der Waals surface area contributed by atoms with Crippen LogP contribution in [0.4, 0.5) is 0 Å². The molecule has 0 radical (unpaired) electrons. The van der Waals surface area contributed by atoms with E-state index in [2.05, 4.69) is 45.0 Å². The largest absolute Gasteiger partial charge is 0.335 e. The minimum Gasteiger partial charge on any atom is -0.335 e. The normalized spacial score (nSPS) is 11.8. The molecule has 0 spiro atoms. The predicted molar refractivity (Wildman–Crippen MR) is 74.2 cm³/mol. The molecule has 94 valence electrons. The molecule has 3 nitrogen and oxygen atoms in total. The first-order valence-electron chi connectivity index (χ1n) is 6.12. The highest BCUT2D eigenvalue weighted by Gasteiger charge is 2.18. The second kappa shape index (κ2) is 4.15. The van der Waals surface area contributed by atoms with Gasteiger partial charge in [-0.15, -0.1) is 0 Å². The summed E-state index contributed by atoms with van der Waals surface area (Å²) in [5.74, 6) is 0. The molecule has 1 aromatic heterocycles. The summed E-state index contributed by atoms with van der Waals surface area (Å²) in [6.07, 6.45) is 0. The van der Waals surface area contributed by atoms with Gasteiger partial charge in [0.05, 0.1) is 0 Å². The average molecular weight is 241 g/mol. The third-order valence-electron chi connectivity index (χ3n) is 3.48. The van der Waals surface area contributed by atoms with Crippen LogP contribution in [0, 0.1) is 11.3 Å². The molecule has 0 bridgehead atoms. The molecule has 3 heteroatoms. The Bertz CT molecular complexity index is 636. The highest BCUT2D eigenvalue weighted by atomic mass is 15.0. The third kappa shape index (κ3) is 1.79. The van der Waals surface area contributed by atoms with Crippen molar-refractivity contribution in [3.05, 3.63) is 35.0 Å². The van der Waals surface area contributed by atoms with Gasteiger partial charge >= 0.3 is 0 Å². The van der Waals surface area contributed by atoms with Gasteiger partial charge in [-0.25, -0.2) is 0 Å². The van der Waals surface area contributed by atoms with Crippen molar-refractivity contribution in [2.24, 2.45) is 12.8 Å². The van der Waals surface area contributed by atoms with Crippen LogP contribution in [0.3, 0.4) is 0 Å². The molecule has 2 aromatic rings. The molecule has 0 atom stereocenters. The number of aromatic nitrogens is 1. The number of nitrogens with zero attached hydrogens (tertiary/aromatic N) is 2. The Morgan fingerprint density at radius 2 is 2.00 bits per heavy atom. The van der Waals surface area contributed by atoms with E-state index < -0.39 is 0 Å². The van der Waals surface area contributed by atoms with Crippen molar-refractivity contribution in [3.8, 4) is 6.07 Å². The minimum absolute atomic E-state index is 0.105. The number of hydrogen-bond donors (Lipinski definition) is 1. The maximum atomic E-state index is 9.23. The van der Waals surface area contributed by atoms with E-state index in [1.165, 1.54) is 5.56 Å². The van der Waals surface area contributed by atoms with Crippen LogP contribution in [0.2, 0.25) is 0 Å². The van der Waals surface area contributed by atoms with Crippen LogP contribution in [0.25, 0.3) is 10.9 Å². The van der Waals surface area contributed by atoms with Crippen LogP contribution in [0.1, 0.15) is 37.6 Å². The molecule has 0 amide bonds. The highest BCUT2D eigenvalue weighted by Crippen LogP contribution is 2.30. The van der Waals surface area contributed by atoms with E-state index in [1.807, 2.05) is 11.6 Å². The molecule has 0 fully saturated rings. The average Bonchev–Trinajstić information content (AvgIpc) is 2.60. The lowest BCUT2D eigenvalue weighted by molar-refractivity contribution is 0.591. The molecule has 0 unspecified atom stereocenters. The van der Waals surface area contributed by atoms with Crippen LogP contribution in [-0.2, 0) is 19.0 Å². The molecule has 0 saturated carbocycles. The summed E-state index contributed by atoms with van der Waals surface area (Å²) >= 11 is 0. The molecule has 0 aliphatic rings. The van der Waals surface area contributed by atoms with Crippen LogP contribution >= 0.6 is 0 Å². The van der Waals surface area contributed by atoms with Crippen LogP contribution < -0.4 is 5.73 Å². The maximum Gasteiger partial charge on any atom is 0.125 e. The van der Waals surface area contributed by atoms with Gasteiger partial charge in [0.1, 0.15) is 11.8 Å². The maximum absolute atomic E-state index is 9.23. The molecule has 1 heterocycles. The molecule has 0 aliphatic carbocycles. The van der Waals surface area contributed by atoms with Crippen LogP contribution in [0.5, 0.6) is 0 Å². The monoisotopic (exact) mass is 241 g/mol. The number of rotatable bonds is 1. The number of hydrogen-bond acceptors (Lipinski definition) is 2. The summed E-state index contributed by atoms with van der Waals surface area (Å²) in [5, 5.41) is 10.3. The van der Waals surface area contributed by atoms with Crippen LogP contribution in [-0.4, -0.2) is 4.57 Å². The van der Waals surface area contributed by atoms with E-state index in [4.69, 9.17) is 5.73 Å². The van der Waals surface area contributed by atoms with E-state index in [0.29, 0.717) is 12.2 Å². The standard InChI is InChI=1S/C15H19N3/c1-15(2,3)10-5-6-11-12(8-16)14(9-17)18(4)13(11)7-10/h5-7H,8,16H2,1-4H3. The van der Waals surface area contributed by atoms with Crippen molar-refractivity contribution in [1.29, 1.82) is 5.26 Å². The van der Waals surface area contributed by atoms with Crippen molar-refractivity contribution in [2.45, 2.75) is 32.7 Å². The highest BCUT2D eigenvalue weighted by molar-refractivity contribution is 5.87. The Balaban J connectivity index is 2.81. The fourth-order valence-electron chi connectivity index (χ4n) is 2.33. The van der Waals surface area contributed by atoms with Crippen molar-refractivity contribution in [3.63, 3.8) is 0 Å². The zero-order chi connectivity index (χ0) is 13.5. The topological polar surface area (TPSA) is 54.7 Å². The number of fused-ring (bicyclic) bond motifs is 1. The second-order valence-corrected chi connectivity index (χ2v) is 5.68. The van der Waals surface area contributed by atoms with Crippen LogP contribution in [0.15, 0.2) is 18.2 Å². The third-order valence-corrected chi connectivity index (χ3v) is 3.48. The zero-order valence-electron chi connectivity index (χ0n) is 11.4. The summed E-state index contributed by atoms with van der Waals surface area (Å²) < 4.78 is 1.94. The molecule has 1 aromatic carbocycles. The molecule has 0 aliphatic heterocycles. The molecule has 0 saturated heterocycles. The Labute approximate surface area is 108 Å². The fourth-order valence-corrected chi connectivity index (χ4v) is 2.33. The smallest absolute Gasteiger partial charge is 0.125 e. The van der Waals surface area contributed by atoms with Crippen molar-refractivity contribution in [1.82, 2.24) is 4.57 Å². The summed E-state index contributed by atoms with van der Waals surface area (Å²) in [7, 11) is 1.92. The first kappa shape index (κ1) is 12.7. The summed E-state index contributed by atoms with van der Waals surface area (Å²) in [5.41, 5.74) is 9.83. The van der Waals surface area contributed by atoms with Gasteiger partial charge < -0.3 is 10.3 Å². The number of nitrogens with two attached hydrogens (primary N) is 1. The van der Waals surface area contributed by atoms with Gasteiger partial charge in [-0.05, 0) is 17.0 Å². The van der Waals surface area contributed by atoms with Crippen molar-refractivity contribution < 1.29 is 0 Å². The van der Waals surface area contributed by atoms with Gasteiger partial charge in [0.25, 0.3) is 0 Å². The summed E-state index contributed by atoms with van der Waals surface area (Å²) in [6, 6.07) is 8.62. The lowest BCUT2D eigenvalue weighted by Gasteiger charge is -2.19. The predicted octanol–water partition coefficient (Wildman–Crippen LogP) is 2.81. The van der Waals surface area contributed by atoms with E-state index in [0.717, 1.165) is 16.5 Å². The van der Waals surface area contributed by atoms with E-state index in [-0.39, 0.29) is 5.41 Å². The zero-order valence-corrected chi connectivity index (χ0v) is 11.4. The molecule has 2 rings (SSSR count). The van der Waals surface area contributed by atoms with Gasteiger partial charge in [-0.2, -0.15) is 5.26 Å². The Morgan fingerprint density at radius 3 is 2.50 bits per heavy atom. The first-order chi connectivity index (χ1) is 8.40. The second-order valence-electron chi connectivity index (χ2n) is 5.68. The van der Waals surface area contributed by atoms with Gasteiger partial charge in [-0.1, -0.05) is 32.9 Å². The number of benzene rings is 1. The quantitative estimate of drug-likeness (QED) is 0.834.